The van der Waals surface area contributed by atoms with E-state index in [-0.39, 0.29) is 0 Å². The van der Waals surface area contributed by atoms with E-state index in [9.17, 15) is 0 Å². The van der Waals surface area contributed by atoms with E-state index < -0.39 is 3.79 Å². The van der Waals surface area contributed by atoms with Crippen LogP contribution in [0.25, 0.3) is 11.0 Å². The molecule has 3 nitrogen and oxygen atoms in total. The number of alkyl halides is 3. The fraction of sp³-hybridized carbons (Fsp3) is 0.200. The van der Waals surface area contributed by atoms with Crippen molar-refractivity contribution < 1.29 is 4.74 Å². The van der Waals surface area contributed by atoms with Crippen molar-refractivity contribution in [1.82, 2.24) is 9.97 Å². The van der Waals surface area contributed by atoms with Gasteiger partial charge < -0.3 is 4.74 Å². The average Bonchev–Trinajstić information content (AvgIpc) is 2.26. The summed E-state index contributed by atoms with van der Waals surface area (Å²) in [5.41, 5.74) is 1.64. The molecule has 6 heteroatoms. The summed E-state index contributed by atoms with van der Waals surface area (Å²) < 4.78 is 3.52. The molecule has 0 spiro atoms. The van der Waals surface area contributed by atoms with Gasteiger partial charge in [0.2, 0.25) is 3.79 Å². The highest BCUT2D eigenvalue weighted by atomic mass is 35.6. The summed E-state index contributed by atoms with van der Waals surface area (Å²) in [4.78, 5) is 8.37. The molecule has 16 heavy (non-hydrogen) atoms. The van der Waals surface area contributed by atoms with Gasteiger partial charge in [0.1, 0.15) is 11.4 Å². The van der Waals surface area contributed by atoms with Crippen molar-refractivity contribution in [3.63, 3.8) is 0 Å². The van der Waals surface area contributed by atoms with Crippen molar-refractivity contribution in [2.45, 2.75) is 3.79 Å². The fourth-order valence-corrected chi connectivity index (χ4v) is 1.53. The van der Waals surface area contributed by atoms with Crippen LogP contribution in [-0.4, -0.2) is 17.1 Å². The predicted molar refractivity (Wildman–Crippen MR) is 65.3 cm³/mol. The molecule has 0 aliphatic heterocycles. The van der Waals surface area contributed by atoms with Crippen LogP contribution in [-0.2, 0) is 3.79 Å². The van der Waals surface area contributed by atoms with E-state index in [0.717, 1.165) is 5.52 Å². The van der Waals surface area contributed by atoms with Crippen molar-refractivity contribution in [2.24, 2.45) is 0 Å². The molecule has 0 atom stereocenters. The molecule has 0 radical (unpaired) electrons. The number of hydrogen-bond donors (Lipinski definition) is 0. The van der Waals surface area contributed by atoms with E-state index in [0.29, 0.717) is 17.0 Å². The molecule has 84 valence electrons. The first-order chi connectivity index (χ1) is 7.50. The second-order valence-corrected chi connectivity index (χ2v) is 5.39. The Kier molecular flexibility index (Phi) is 3.10. The molecule has 0 saturated carbocycles. The predicted octanol–water partition coefficient (Wildman–Crippen LogP) is 3.47. The fourth-order valence-electron chi connectivity index (χ4n) is 1.25. The van der Waals surface area contributed by atoms with Crippen molar-refractivity contribution in [3.05, 3.63) is 30.1 Å². The summed E-state index contributed by atoms with van der Waals surface area (Å²) in [5.74, 6) is 0.684. The van der Waals surface area contributed by atoms with Gasteiger partial charge >= 0.3 is 0 Å². The van der Waals surface area contributed by atoms with Crippen LogP contribution in [0.2, 0.25) is 0 Å². The molecule has 0 aliphatic rings. The third-order valence-corrected chi connectivity index (χ3v) is 2.62. The zero-order valence-electron chi connectivity index (χ0n) is 8.25. The molecule has 2 aromatic rings. The molecular weight excluding hydrogens is 270 g/mol. The van der Waals surface area contributed by atoms with Gasteiger partial charge in [-0.1, -0.05) is 34.8 Å². The van der Waals surface area contributed by atoms with Gasteiger partial charge in [-0.2, -0.15) is 0 Å². The molecule has 1 aromatic heterocycles. The molecule has 0 fully saturated rings. The van der Waals surface area contributed by atoms with Gasteiger partial charge in [-0.05, 0) is 12.1 Å². The zero-order valence-corrected chi connectivity index (χ0v) is 10.5. The lowest BCUT2D eigenvalue weighted by Crippen LogP contribution is -2.04. The number of fused-ring (bicyclic) bond motifs is 1. The Hall–Kier alpha value is -0.770. The van der Waals surface area contributed by atoms with Crippen LogP contribution in [0.5, 0.6) is 5.75 Å². The van der Waals surface area contributed by atoms with Crippen LogP contribution in [0.4, 0.5) is 0 Å². The quantitative estimate of drug-likeness (QED) is 0.749. The highest BCUT2D eigenvalue weighted by molar-refractivity contribution is 6.66. The average molecular weight is 278 g/mol. The topological polar surface area (TPSA) is 35.0 Å². The molecule has 0 bridgehead atoms. The van der Waals surface area contributed by atoms with Gasteiger partial charge in [-0.25, -0.2) is 4.98 Å². The van der Waals surface area contributed by atoms with Gasteiger partial charge in [0.25, 0.3) is 0 Å². The lowest BCUT2D eigenvalue weighted by Gasteiger charge is -2.10. The van der Waals surface area contributed by atoms with Crippen molar-refractivity contribution in [1.29, 1.82) is 0 Å². The van der Waals surface area contributed by atoms with E-state index in [2.05, 4.69) is 9.97 Å². The normalized spacial score (nSPS) is 11.8. The number of benzene rings is 1. The summed E-state index contributed by atoms with van der Waals surface area (Å²) in [6.07, 6.45) is 1.45. The van der Waals surface area contributed by atoms with Crippen LogP contribution >= 0.6 is 34.8 Å². The second-order valence-electron chi connectivity index (χ2n) is 3.11. The summed E-state index contributed by atoms with van der Waals surface area (Å²) in [6.45, 7) is 0. The molecule has 2 rings (SSSR count). The Morgan fingerprint density at radius 1 is 1.19 bits per heavy atom. The van der Waals surface area contributed by atoms with Gasteiger partial charge in [-0.3, -0.25) is 4.98 Å². The standard InChI is InChI=1S/C10H7Cl3N2O/c1-16-6-2-3-7-8(4-6)15-9(5-14-7)10(11,12)13/h2-5H,1H3. The summed E-state index contributed by atoms with van der Waals surface area (Å²) in [6, 6.07) is 5.33. The molecule has 0 saturated heterocycles. The minimum absolute atomic E-state index is 0.290. The Bertz CT molecular complexity index is 525. The first-order valence-corrected chi connectivity index (χ1v) is 5.52. The van der Waals surface area contributed by atoms with E-state index in [1.807, 2.05) is 0 Å². The number of ether oxygens (including phenoxy) is 1. The van der Waals surface area contributed by atoms with E-state index in [4.69, 9.17) is 39.5 Å². The van der Waals surface area contributed by atoms with Gasteiger partial charge in [0.15, 0.2) is 0 Å². The van der Waals surface area contributed by atoms with E-state index >= 15 is 0 Å². The summed E-state index contributed by atoms with van der Waals surface area (Å²) in [5, 5.41) is 0. The highest BCUT2D eigenvalue weighted by Gasteiger charge is 2.25. The number of methoxy groups -OCH3 is 1. The van der Waals surface area contributed by atoms with Crippen LogP contribution in [0, 0.1) is 0 Å². The maximum atomic E-state index is 5.73. The van der Waals surface area contributed by atoms with Crippen molar-refractivity contribution >= 4 is 45.8 Å². The highest BCUT2D eigenvalue weighted by Crippen LogP contribution is 2.37. The second kappa shape index (κ2) is 4.24. The molecule has 1 aromatic carbocycles. The van der Waals surface area contributed by atoms with E-state index in [1.165, 1.54) is 6.20 Å². The SMILES string of the molecule is COc1ccc2ncc(C(Cl)(Cl)Cl)nc2c1. The zero-order chi connectivity index (χ0) is 11.8. The molecule has 0 N–H and O–H groups in total. The third kappa shape index (κ3) is 2.32. The maximum Gasteiger partial charge on any atom is 0.234 e. The Labute approximate surface area is 107 Å². The van der Waals surface area contributed by atoms with Crippen LogP contribution in [0.3, 0.4) is 0 Å². The number of halogens is 3. The van der Waals surface area contributed by atoms with E-state index in [1.54, 1.807) is 25.3 Å². The largest absolute Gasteiger partial charge is 0.497 e. The minimum atomic E-state index is -1.57. The lowest BCUT2D eigenvalue weighted by atomic mass is 10.3. The minimum Gasteiger partial charge on any atom is -0.497 e. The summed E-state index contributed by atoms with van der Waals surface area (Å²) >= 11 is 17.2. The van der Waals surface area contributed by atoms with Gasteiger partial charge in [0.05, 0.1) is 24.3 Å². The number of aromatic nitrogens is 2. The smallest absolute Gasteiger partial charge is 0.234 e. The van der Waals surface area contributed by atoms with Gasteiger partial charge in [-0.15, -0.1) is 0 Å². The molecule has 0 aliphatic carbocycles. The third-order valence-electron chi connectivity index (χ3n) is 2.04. The molecule has 0 unspecified atom stereocenters. The number of hydrogen-bond acceptors (Lipinski definition) is 3. The van der Waals surface area contributed by atoms with Gasteiger partial charge in [0, 0.05) is 6.07 Å². The lowest BCUT2D eigenvalue weighted by molar-refractivity contribution is 0.415. The monoisotopic (exact) mass is 276 g/mol. The Morgan fingerprint density at radius 3 is 2.56 bits per heavy atom. The van der Waals surface area contributed by atoms with Crippen LogP contribution in [0.1, 0.15) is 5.69 Å². The van der Waals surface area contributed by atoms with Crippen LogP contribution in [0.15, 0.2) is 24.4 Å². The maximum absolute atomic E-state index is 5.73. The first kappa shape index (κ1) is 11.7. The number of nitrogens with zero attached hydrogens (tertiary/aromatic N) is 2. The number of rotatable bonds is 1. The summed E-state index contributed by atoms with van der Waals surface area (Å²) in [7, 11) is 1.58. The Morgan fingerprint density at radius 2 is 1.94 bits per heavy atom. The first-order valence-electron chi connectivity index (χ1n) is 4.39. The van der Waals surface area contributed by atoms with Crippen molar-refractivity contribution in [3.8, 4) is 5.75 Å². The molecular formula is C10H7Cl3N2O. The molecule has 1 heterocycles. The van der Waals surface area contributed by atoms with Crippen molar-refractivity contribution in [2.75, 3.05) is 7.11 Å². The molecule has 0 amide bonds. The Balaban J connectivity index is 2.59. The van der Waals surface area contributed by atoms with Crippen LogP contribution < -0.4 is 4.74 Å².